The summed E-state index contributed by atoms with van der Waals surface area (Å²) in [7, 11) is 1.54. The van der Waals surface area contributed by atoms with E-state index >= 15 is 0 Å². The number of unbranched alkanes of at least 4 members (excludes halogenated alkanes) is 3. The average molecular weight is 450 g/mol. The molecule has 3 amide bonds. The standard InChI is InChI=1S/C24H39N3O5/c1-6-7-8-9-10-12-17-15-18(17)22(31-5)26-21(29)19-13-11-14-27(19)20(28)16-25-23(30)32-24(2,3)4/h10,12,17-19H,6-9,11,13-16H2,1-5H3,(H,25,30)/b12-10-,26-22?/t17-,18+,19+/m1/s1. The molecule has 3 atom stereocenters. The molecule has 2 fully saturated rings. The molecule has 2 aliphatic rings. The van der Waals surface area contributed by atoms with E-state index in [4.69, 9.17) is 9.47 Å². The summed E-state index contributed by atoms with van der Waals surface area (Å²) in [4.78, 5) is 43.0. The Morgan fingerprint density at radius 2 is 1.97 bits per heavy atom. The van der Waals surface area contributed by atoms with Gasteiger partial charge in [-0.05, 0) is 58.8 Å². The fourth-order valence-corrected chi connectivity index (χ4v) is 3.84. The number of methoxy groups -OCH3 is 1. The van der Waals surface area contributed by atoms with E-state index in [2.05, 4.69) is 29.4 Å². The second-order valence-corrected chi connectivity index (χ2v) is 9.52. The second kappa shape index (κ2) is 12.0. The summed E-state index contributed by atoms with van der Waals surface area (Å²) in [6.45, 7) is 7.70. The van der Waals surface area contributed by atoms with Crippen LogP contribution < -0.4 is 5.32 Å². The van der Waals surface area contributed by atoms with Gasteiger partial charge in [-0.2, -0.15) is 4.99 Å². The fourth-order valence-electron chi connectivity index (χ4n) is 3.84. The molecule has 180 valence electrons. The second-order valence-electron chi connectivity index (χ2n) is 9.52. The van der Waals surface area contributed by atoms with Crippen LogP contribution in [0.1, 0.15) is 72.6 Å². The lowest BCUT2D eigenvalue weighted by Gasteiger charge is -2.23. The highest BCUT2D eigenvalue weighted by atomic mass is 16.6. The van der Waals surface area contributed by atoms with Gasteiger partial charge in [-0.1, -0.05) is 31.9 Å². The predicted molar refractivity (Wildman–Crippen MR) is 123 cm³/mol. The van der Waals surface area contributed by atoms with Crippen molar-refractivity contribution in [2.24, 2.45) is 16.8 Å². The van der Waals surface area contributed by atoms with Crippen LogP contribution in [0, 0.1) is 11.8 Å². The van der Waals surface area contributed by atoms with E-state index < -0.39 is 17.7 Å². The number of hydrogen-bond acceptors (Lipinski definition) is 5. The maximum atomic E-state index is 12.8. The van der Waals surface area contributed by atoms with Crippen LogP contribution in [0.25, 0.3) is 0 Å². The van der Waals surface area contributed by atoms with Crippen LogP contribution in [0.2, 0.25) is 0 Å². The number of carbonyl (C=O) groups is 3. The van der Waals surface area contributed by atoms with Gasteiger partial charge in [0.15, 0.2) is 5.90 Å². The van der Waals surface area contributed by atoms with Crippen molar-refractivity contribution < 1.29 is 23.9 Å². The van der Waals surface area contributed by atoms with Crippen molar-refractivity contribution in [3.63, 3.8) is 0 Å². The number of nitrogens with one attached hydrogen (secondary N) is 1. The number of rotatable bonds is 9. The zero-order chi connectivity index (χ0) is 23.7. The zero-order valence-electron chi connectivity index (χ0n) is 20.2. The van der Waals surface area contributed by atoms with Crippen LogP contribution in [0.3, 0.4) is 0 Å². The Hall–Kier alpha value is -2.38. The maximum Gasteiger partial charge on any atom is 0.408 e. The lowest BCUT2D eigenvalue weighted by molar-refractivity contribution is -0.136. The summed E-state index contributed by atoms with van der Waals surface area (Å²) in [5.41, 5.74) is -0.643. The lowest BCUT2D eigenvalue weighted by Crippen LogP contribution is -2.46. The number of hydrogen-bond donors (Lipinski definition) is 1. The molecular weight excluding hydrogens is 410 g/mol. The third kappa shape index (κ3) is 8.28. The van der Waals surface area contributed by atoms with Gasteiger partial charge >= 0.3 is 6.09 Å². The Kier molecular flexibility index (Phi) is 9.72. The van der Waals surface area contributed by atoms with E-state index in [1.807, 2.05) is 0 Å². The average Bonchev–Trinajstić information content (AvgIpc) is 3.30. The Labute approximate surface area is 191 Å². The Balaban J connectivity index is 1.88. The molecule has 0 spiro atoms. The highest BCUT2D eigenvalue weighted by Crippen LogP contribution is 2.41. The number of likely N-dealkylation sites (tertiary alicyclic amines) is 1. The molecule has 0 aromatic carbocycles. The van der Waals surface area contributed by atoms with Gasteiger partial charge in [0, 0.05) is 12.5 Å². The summed E-state index contributed by atoms with van der Waals surface area (Å²) >= 11 is 0. The van der Waals surface area contributed by atoms with Crippen molar-refractivity contribution in [1.82, 2.24) is 10.2 Å². The quantitative estimate of drug-likeness (QED) is 0.250. The first-order valence-electron chi connectivity index (χ1n) is 11.8. The van der Waals surface area contributed by atoms with Crippen LogP contribution in [0.4, 0.5) is 4.79 Å². The van der Waals surface area contributed by atoms with Gasteiger partial charge in [-0.15, -0.1) is 0 Å². The van der Waals surface area contributed by atoms with Gasteiger partial charge in [0.05, 0.1) is 7.11 Å². The van der Waals surface area contributed by atoms with Crippen molar-refractivity contribution in [3.8, 4) is 0 Å². The van der Waals surface area contributed by atoms with E-state index in [1.165, 1.54) is 31.3 Å². The largest absolute Gasteiger partial charge is 0.484 e. The normalized spacial score (nSPS) is 23.3. The highest BCUT2D eigenvalue weighted by Gasteiger charge is 2.42. The first-order chi connectivity index (χ1) is 15.2. The molecule has 1 aliphatic heterocycles. The first-order valence-corrected chi connectivity index (χ1v) is 11.8. The summed E-state index contributed by atoms with van der Waals surface area (Å²) < 4.78 is 10.6. The van der Waals surface area contributed by atoms with Crippen molar-refractivity contribution >= 4 is 23.8 Å². The number of aliphatic imine (C=N–C) groups is 1. The number of allylic oxidation sites excluding steroid dienone is 2. The molecule has 1 heterocycles. The minimum Gasteiger partial charge on any atom is -0.484 e. The number of ether oxygens (including phenoxy) is 2. The van der Waals surface area contributed by atoms with Crippen LogP contribution >= 0.6 is 0 Å². The minimum atomic E-state index is -0.657. The van der Waals surface area contributed by atoms with Gasteiger partial charge in [0.25, 0.3) is 5.91 Å². The molecule has 8 heteroatoms. The summed E-state index contributed by atoms with van der Waals surface area (Å²) in [6, 6.07) is -0.616. The summed E-state index contributed by atoms with van der Waals surface area (Å²) in [5.74, 6) is 0.264. The summed E-state index contributed by atoms with van der Waals surface area (Å²) in [6.07, 6.45) is 10.7. The molecule has 32 heavy (non-hydrogen) atoms. The van der Waals surface area contributed by atoms with Crippen LogP contribution in [0.5, 0.6) is 0 Å². The molecule has 2 rings (SSSR count). The fraction of sp³-hybridized carbons (Fsp3) is 0.750. The van der Waals surface area contributed by atoms with E-state index in [1.54, 1.807) is 20.8 Å². The van der Waals surface area contributed by atoms with Gasteiger partial charge in [0.2, 0.25) is 5.91 Å². The summed E-state index contributed by atoms with van der Waals surface area (Å²) in [5, 5.41) is 2.46. The molecular formula is C24H39N3O5. The molecule has 0 unspecified atom stereocenters. The highest BCUT2D eigenvalue weighted by molar-refractivity contribution is 5.98. The van der Waals surface area contributed by atoms with Crippen molar-refractivity contribution in [3.05, 3.63) is 12.2 Å². The first kappa shape index (κ1) is 25.9. The van der Waals surface area contributed by atoms with Crippen LogP contribution in [-0.4, -0.2) is 60.5 Å². The monoisotopic (exact) mass is 449 g/mol. The molecule has 1 saturated carbocycles. The molecule has 0 radical (unpaired) electrons. The number of nitrogens with zero attached hydrogens (tertiary/aromatic N) is 2. The molecule has 1 aliphatic carbocycles. The molecule has 0 bridgehead atoms. The Morgan fingerprint density at radius 1 is 1.22 bits per heavy atom. The van der Waals surface area contributed by atoms with Gasteiger partial charge in [0.1, 0.15) is 18.2 Å². The van der Waals surface area contributed by atoms with Crippen molar-refractivity contribution in [2.45, 2.75) is 84.3 Å². The third-order valence-electron chi connectivity index (χ3n) is 5.59. The topological polar surface area (TPSA) is 97.3 Å². The molecule has 1 saturated heterocycles. The number of amides is 3. The maximum absolute atomic E-state index is 12.8. The SMILES string of the molecule is CCCCC/C=C\[C@@H]1C[C@@H]1C(=NC(=O)[C@@H]1CCCN1C(=O)CNC(=O)OC(C)(C)C)OC. The van der Waals surface area contributed by atoms with Crippen LogP contribution in [0.15, 0.2) is 17.1 Å². The Bertz CT molecular complexity index is 726. The van der Waals surface area contributed by atoms with E-state index in [0.29, 0.717) is 24.8 Å². The number of alkyl carbamates (subject to hydrolysis) is 1. The van der Waals surface area contributed by atoms with Crippen molar-refractivity contribution in [2.75, 3.05) is 20.2 Å². The van der Waals surface area contributed by atoms with E-state index in [9.17, 15) is 14.4 Å². The van der Waals surface area contributed by atoms with Gasteiger partial charge in [-0.25, -0.2) is 4.79 Å². The minimum absolute atomic E-state index is 0.130. The molecule has 0 aromatic heterocycles. The molecule has 8 nitrogen and oxygen atoms in total. The predicted octanol–water partition coefficient (Wildman–Crippen LogP) is 3.85. The van der Waals surface area contributed by atoms with Crippen molar-refractivity contribution in [1.29, 1.82) is 0 Å². The smallest absolute Gasteiger partial charge is 0.408 e. The Morgan fingerprint density at radius 3 is 2.62 bits per heavy atom. The lowest BCUT2D eigenvalue weighted by atomic mass is 10.2. The van der Waals surface area contributed by atoms with E-state index in [-0.39, 0.29) is 24.3 Å². The molecule has 1 N–H and O–H groups in total. The van der Waals surface area contributed by atoms with Gasteiger partial charge < -0.3 is 19.7 Å². The van der Waals surface area contributed by atoms with Crippen LogP contribution in [-0.2, 0) is 19.1 Å². The van der Waals surface area contributed by atoms with E-state index in [0.717, 1.165) is 19.3 Å². The van der Waals surface area contributed by atoms with Gasteiger partial charge in [-0.3, -0.25) is 9.59 Å². The number of carbonyl (C=O) groups excluding carboxylic acids is 3. The molecule has 0 aromatic rings. The third-order valence-corrected chi connectivity index (χ3v) is 5.59. The zero-order valence-corrected chi connectivity index (χ0v) is 20.2.